The van der Waals surface area contributed by atoms with Crippen LogP contribution in [-0.2, 0) is 4.74 Å². The van der Waals surface area contributed by atoms with E-state index in [9.17, 15) is 0 Å². The van der Waals surface area contributed by atoms with E-state index in [1.807, 2.05) is 0 Å². The maximum atomic E-state index is 5.58. The maximum Gasteiger partial charge on any atom is 0.0594 e. The van der Waals surface area contributed by atoms with Crippen molar-refractivity contribution in [1.82, 2.24) is 10.2 Å². The van der Waals surface area contributed by atoms with E-state index in [1.54, 1.807) is 0 Å². The first-order valence-corrected chi connectivity index (χ1v) is 8.37. The summed E-state index contributed by atoms with van der Waals surface area (Å²) in [5.41, 5.74) is 0.438. The molecule has 1 N–H and O–H groups in total. The van der Waals surface area contributed by atoms with Crippen molar-refractivity contribution in [2.24, 2.45) is 5.92 Å². The Labute approximate surface area is 118 Å². The summed E-state index contributed by atoms with van der Waals surface area (Å²) in [5.74, 6) is 0.908. The lowest BCUT2D eigenvalue weighted by Gasteiger charge is -2.50. The summed E-state index contributed by atoms with van der Waals surface area (Å²) in [4.78, 5) is 2.78. The second kappa shape index (κ2) is 6.11. The predicted molar refractivity (Wildman–Crippen MR) is 78.4 cm³/mol. The predicted octanol–water partition coefficient (Wildman–Crippen LogP) is 2.41. The first kappa shape index (κ1) is 13.8. The smallest absolute Gasteiger partial charge is 0.0594 e. The van der Waals surface area contributed by atoms with E-state index in [0.717, 1.165) is 32.2 Å². The van der Waals surface area contributed by atoms with Crippen LogP contribution in [0.15, 0.2) is 0 Å². The van der Waals surface area contributed by atoms with E-state index >= 15 is 0 Å². The molecule has 1 atom stereocenters. The van der Waals surface area contributed by atoms with Crippen LogP contribution < -0.4 is 5.32 Å². The molecular weight excluding hydrogens is 236 g/mol. The van der Waals surface area contributed by atoms with Crippen LogP contribution in [0.2, 0.25) is 0 Å². The van der Waals surface area contributed by atoms with Crippen LogP contribution in [-0.4, -0.2) is 49.8 Å². The van der Waals surface area contributed by atoms with Gasteiger partial charge in [-0.3, -0.25) is 4.90 Å². The molecule has 0 spiro atoms. The molecule has 2 aliphatic carbocycles. The topological polar surface area (TPSA) is 24.5 Å². The number of morpholine rings is 1. The molecule has 1 heterocycles. The van der Waals surface area contributed by atoms with Gasteiger partial charge in [-0.25, -0.2) is 0 Å². The Bertz CT molecular complexity index is 276. The van der Waals surface area contributed by atoms with E-state index in [0.29, 0.717) is 11.6 Å². The van der Waals surface area contributed by atoms with Gasteiger partial charge >= 0.3 is 0 Å². The molecular formula is C16H30N2O. The molecule has 0 aromatic heterocycles. The number of hydrogen-bond donors (Lipinski definition) is 1. The summed E-state index contributed by atoms with van der Waals surface area (Å²) in [6, 6.07) is 0.704. The van der Waals surface area contributed by atoms with Gasteiger partial charge in [-0.1, -0.05) is 25.7 Å². The summed E-state index contributed by atoms with van der Waals surface area (Å²) in [6.07, 6.45) is 11.4. The van der Waals surface area contributed by atoms with Crippen LogP contribution in [0.3, 0.4) is 0 Å². The van der Waals surface area contributed by atoms with Crippen LogP contribution in [0.4, 0.5) is 0 Å². The summed E-state index contributed by atoms with van der Waals surface area (Å²) in [7, 11) is 2.20. The van der Waals surface area contributed by atoms with Crippen molar-refractivity contribution in [3.63, 3.8) is 0 Å². The number of ether oxygens (including phenoxy) is 1. The molecule has 3 heteroatoms. The Morgan fingerprint density at radius 3 is 2.26 bits per heavy atom. The van der Waals surface area contributed by atoms with Gasteiger partial charge in [-0.15, -0.1) is 0 Å². The number of nitrogens with one attached hydrogen (secondary N) is 1. The first-order chi connectivity index (χ1) is 9.37. The third-order valence-electron chi connectivity index (χ3n) is 5.87. The number of hydrogen-bond acceptors (Lipinski definition) is 3. The fraction of sp³-hybridized carbons (Fsp3) is 1.00. The van der Waals surface area contributed by atoms with Crippen molar-refractivity contribution in [2.75, 3.05) is 33.4 Å². The fourth-order valence-electron chi connectivity index (χ4n) is 5.05. The Morgan fingerprint density at radius 2 is 1.68 bits per heavy atom. The molecule has 0 aromatic rings. The largest absolute Gasteiger partial charge is 0.379 e. The molecule has 3 fully saturated rings. The zero-order chi connectivity index (χ0) is 13.1. The van der Waals surface area contributed by atoms with E-state index < -0.39 is 0 Å². The molecule has 0 bridgehead atoms. The average molecular weight is 266 g/mol. The molecule has 1 saturated heterocycles. The monoisotopic (exact) mass is 266 g/mol. The van der Waals surface area contributed by atoms with Crippen molar-refractivity contribution in [1.29, 1.82) is 0 Å². The van der Waals surface area contributed by atoms with Gasteiger partial charge in [0.2, 0.25) is 0 Å². The lowest BCUT2D eigenvalue weighted by Crippen LogP contribution is -2.63. The van der Waals surface area contributed by atoms with Gasteiger partial charge in [-0.05, 0) is 38.6 Å². The van der Waals surface area contributed by atoms with Crippen LogP contribution in [0.25, 0.3) is 0 Å². The number of rotatable bonds is 4. The van der Waals surface area contributed by atoms with Gasteiger partial charge < -0.3 is 10.1 Å². The highest BCUT2D eigenvalue weighted by Gasteiger charge is 2.48. The van der Waals surface area contributed by atoms with Gasteiger partial charge in [0, 0.05) is 24.7 Å². The molecule has 1 aliphatic heterocycles. The van der Waals surface area contributed by atoms with Gasteiger partial charge in [0.15, 0.2) is 0 Å². The highest BCUT2D eigenvalue weighted by atomic mass is 16.5. The molecule has 0 amide bonds. The normalized spacial score (nSPS) is 30.8. The summed E-state index contributed by atoms with van der Waals surface area (Å²) in [5, 5.41) is 3.74. The van der Waals surface area contributed by atoms with E-state index in [-0.39, 0.29) is 0 Å². The Hall–Kier alpha value is -0.120. The minimum absolute atomic E-state index is 0.438. The molecule has 110 valence electrons. The zero-order valence-corrected chi connectivity index (χ0v) is 12.5. The second-order valence-electron chi connectivity index (χ2n) is 6.72. The Balaban J connectivity index is 1.80. The molecule has 19 heavy (non-hydrogen) atoms. The van der Waals surface area contributed by atoms with Crippen LogP contribution in [0, 0.1) is 5.92 Å². The molecule has 2 saturated carbocycles. The minimum atomic E-state index is 0.438. The Morgan fingerprint density at radius 1 is 1.05 bits per heavy atom. The molecule has 3 aliphatic rings. The van der Waals surface area contributed by atoms with Crippen LogP contribution in [0.5, 0.6) is 0 Å². The highest BCUT2D eigenvalue weighted by Crippen LogP contribution is 2.44. The fourth-order valence-corrected chi connectivity index (χ4v) is 5.05. The third kappa shape index (κ3) is 2.57. The number of likely N-dealkylation sites (N-methyl/N-ethyl adjacent to an activating group) is 1. The second-order valence-corrected chi connectivity index (χ2v) is 6.72. The van der Waals surface area contributed by atoms with Crippen molar-refractivity contribution in [3.05, 3.63) is 0 Å². The number of nitrogens with zero attached hydrogens (tertiary/aromatic N) is 1. The first-order valence-electron chi connectivity index (χ1n) is 8.37. The molecule has 1 unspecified atom stereocenters. The van der Waals surface area contributed by atoms with Gasteiger partial charge in [0.05, 0.1) is 13.2 Å². The summed E-state index contributed by atoms with van der Waals surface area (Å²) in [6.45, 7) is 4.15. The minimum Gasteiger partial charge on any atom is -0.379 e. The summed E-state index contributed by atoms with van der Waals surface area (Å²) >= 11 is 0. The molecule has 3 nitrogen and oxygen atoms in total. The summed E-state index contributed by atoms with van der Waals surface area (Å²) < 4.78 is 5.58. The quantitative estimate of drug-likeness (QED) is 0.846. The van der Waals surface area contributed by atoms with Gasteiger partial charge in [-0.2, -0.15) is 0 Å². The van der Waals surface area contributed by atoms with Crippen molar-refractivity contribution in [2.45, 2.75) is 62.9 Å². The Kier molecular flexibility index (Phi) is 4.45. The lowest BCUT2D eigenvalue weighted by atomic mass is 9.77. The SMILES string of the molecule is CNC(C1CCCC1)C1(N2CCOCC2)CCCC1. The van der Waals surface area contributed by atoms with E-state index in [1.165, 1.54) is 51.4 Å². The van der Waals surface area contributed by atoms with Crippen LogP contribution in [0.1, 0.15) is 51.4 Å². The highest BCUT2D eigenvalue weighted by molar-refractivity contribution is 5.06. The molecule has 0 radical (unpaired) electrons. The average Bonchev–Trinajstić information content (AvgIpc) is 3.13. The standard InChI is InChI=1S/C16H30N2O/c1-17-15(14-6-2-3-7-14)16(8-4-5-9-16)18-10-12-19-13-11-18/h14-15,17H,2-13H2,1H3. The van der Waals surface area contributed by atoms with E-state index in [4.69, 9.17) is 4.74 Å². The van der Waals surface area contributed by atoms with Crippen molar-refractivity contribution < 1.29 is 4.74 Å². The van der Waals surface area contributed by atoms with Crippen molar-refractivity contribution in [3.8, 4) is 0 Å². The van der Waals surface area contributed by atoms with Gasteiger partial charge in [0.25, 0.3) is 0 Å². The molecule has 0 aromatic carbocycles. The molecule has 3 rings (SSSR count). The van der Waals surface area contributed by atoms with Crippen molar-refractivity contribution >= 4 is 0 Å². The lowest BCUT2D eigenvalue weighted by molar-refractivity contribution is -0.0432. The van der Waals surface area contributed by atoms with E-state index in [2.05, 4.69) is 17.3 Å². The third-order valence-corrected chi connectivity index (χ3v) is 5.87. The maximum absolute atomic E-state index is 5.58. The zero-order valence-electron chi connectivity index (χ0n) is 12.5. The van der Waals surface area contributed by atoms with Gasteiger partial charge in [0.1, 0.15) is 0 Å². The van der Waals surface area contributed by atoms with Crippen LogP contribution >= 0.6 is 0 Å².